The maximum absolute atomic E-state index is 5.51. The third-order valence-electron chi connectivity index (χ3n) is 5.41. The maximum atomic E-state index is 5.51. The summed E-state index contributed by atoms with van der Waals surface area (Å²) >= 11 is 0. The Balaban J connectivity index is 1.57. The normalized spacial score (nSPS) is 14.6. The monoisotopic (exact) mass is 397 g/mol. The van der Waals surface area contributed by atoms with Gasteiger partial charge in [0.2, 0.25) is 11.9 Å². The number of rotatable bonds is 3. The molecule has 8 nitrogen and oxygen atoms in total. The highest BCUT2D eigenvalue weighted by Gasteiger charge is 2.19. The van der Waals surface area contributed by atoms with Crippen molar-refractivity contribution in [2.24, 2.45) is 0 Å². The molecule has 0 radical (unpaired) electrons. The molecule has 1 fully saturated rings. The second-order valence-corrected chi connectivity index (χ2v) is 7.20. The van der Waals surface area contributed by atoms with E-state index < -0.39 is 0 Å². The van der Waals surface area contributed by atoms with Gasteiger partial charge in [-0.3, -0.25) is 4.57 Å². The number of aromatic nitrogens is 6. The minimum atomic E-state index is 0.558. The van der Waals surface area contributed by atoms with E-state index in [1.165, 1.54) is 0 Å². The molecule has 30 heavy (non-hydrogen) atoms. The number of aromatic amines is 1. The minimum Gasteiger partial charge on any atom is -0.378 e. The van der Waals surface area contributed by atoms with Crippen molar-refractivity contribution in [2.75, 3.05) is 31.2 Å². The fraction of sp³-hybridized carbons (Fsp3) is 0.182. The average molecular weight is 397 g/mol. The van der Waals surface area contributed by atoms with E-state index in [2.05, 4.69) is 20.9 Å². The van der Waals surface area contributed by atoms with Crippen LogP contribution in [0.15, 0.2) is 61.1 Å². The predicted octanol–water partition coefficient (Wildman–Crippen LogP) is 3.20. The number of benzene rings is 1. The number of morpholine rings is 1. The first-order chi connectivity index (χ1) is 14.9. The van der Waals surface area contributed by atoms with Gasteiger partial charge < -0.3 is 14.6 Å². The number of hydrogen-bond donors (Lipinski definition) is 1. The van der Waals surface area contributed by atoms with Gasteiger partial charge in [-0.25, -0.2) is 4.98 Å². The van der Waals surface area contributed by atoms with Gasteiger partial charge in [-0.05, 0) is 30.3 Å². The van der Waals surface area contributed by atoms with Gasteiger partial charge in [-0.15, -0.1) is 0 Å². The quantitative estimate of drug-likeness (QED) is 0.503. The molecule has 6 rings (SSSR count). The van der Waals surface area contributed by atoms with E-state index in [1.807, 2.05) is 53.4 Å². The van der Waals surface area contributed by atoms with Crippen LogP contribution in [-0.2, 0) is 4.74 Å². The van der Waals surface area contributed by atoms with Gasteiger partial charge in [0.1, 0.15) is 5.65 Å². The van der Waals surface area contributed by atoms with E-state index in [9.17, 15) is 0 Å². The molecule has 5 aromatic rings. The van der Waals surface area contributed by atoms with Crippen LogP contribution in [-0.4, -0.2) is 55.8 Å². The molecule has 1 N–H and O–H groups in total. The van der Waals surface area contributed by atoms with Crippen LogP contribution in [0.4, 0.5) is 5.95 Å². The van der Waals surface area contributed by atoms with Crippen LogP contribution in [0.2, 0.25) is 0 Å². The molecule has 0 saturated carbocycles. The number of H-pyrrole nitrogens is 1. The molecule has 1 saturated heterocycles. The number of ether oxygens (including phenoxy) is 1. The fourth-order valence-corrected chi connectivity index (χ4v) is 3.89. The number of fused-ring (bicyclic) bond motifs is 2. The zero-order valence-corrected chi connectivity index (χ0v) is 16.2. The summed E-state index contributed by atoms with van der Waals surface area (Å²) in [5.41, 5.74) is 2.84. The first-order valence-electron chi connectivity index (χ1n) is 9.94. The second-order valence-electron chi connectivity index (χ2n) is 7.20. The van der Waals surface area contributed by atoms with Gasteiger partial charge in [0.25, 0.3) is 0 Å². The molecule has 4 aromatic heterocycles. The van der Waals surface area contributed by atoms with Gasteiger partial charge >= 0.3 is 0 Å². The summed E-state index contributed by atoms with van der Waals surface area (Å²) in [7, 11) is 0. The second kappa shape index (κ2) is 6.93. The Morgan fingerprint density at radius 3 is 2.73 bits per heavy atom. The molecule has 0 spiro atoms. The molecule has 1 aromatic carbocycles. The summed E-state index contributed by atoms with van der Waals surface area (Å²) in [5.74, 6) is 1.86. The maximum Gasteiger partial charge on any atom is 0.240 e. The summed E-state index contributed by atoms with van der Waals surface area (Å²) in [4.78, 5) is 24.4. The standard InChI is InChI=1S/C22H19N7O/c1-4-17(16-6-9-23-18(16)5-1)19-25-21(28-11-13-30-14-12-28)27-22(26-19)29-10-7-15-3-2-8-24-20(15)29/h1-10,23H,11-14H2. The fourth-order valence-electron chi connectivity index (χ4n) is 3.89. The third-order valence-corrected chi connectivity index (χ3v) is 5.41. The molecule has 0 aliphatic carbocycles. The number of nitrogens with one attached hydrogen (secondary N) is 1. The van der Waals surface area contributed by atoms with Crippen LogP contribution >= 0.6 is 0 Å². The van der Waals surface area contributed by atoms with Crippen LogP contribution in [0, 0.1) is 0 Å². The Morgan fingerprint density at radius 2 is 1.80 bits per heavy atom. The topological polar surface area (TPSA) is 84.8 Å². The summed E-state index contributed by atoms with van der Waals surface area (Å²) in [6, 6.07) is 14.1. The highest BCUT2D eigenvalue weighted by molar-refractivity contribution is 5.93. The van der Waals surface area contributed by atoms with Crippen molar-refractivity contribution in [2.45, 2.75) is 0 Å². The Kier molecular flexibility index (Phi) is 3.95. The number of nitrogens with zero attached hydrogens (tertiary/aromatic N) is 6. The van der Waals surface area contributed by atoms with Crippen molar-refractivity contribution >= 4 is 27.9 Å². The van der Waals surface area contributed by atoms with Crippen LogP contribution in [0.25, 0.3) is 39.3 Å². The predicted molar refractivity (Wildman–Crippen MR) is 115 cm³/mol. The number of pyridine rings is 1. The van der Waals surface area contributed by atoms with Gasteiger partial charge in [0.05, 0.1) is 13.2 Å². The van der Waals surface area contributed by atoms with Crippen molar-refractivity contribution in [1.29, 1.82) is 0 Å². The lowest BCUT2D eigenvalue weighted by Gasteiger charge is -2.27. The zero-order chi connectivity index (χ0) is 19.9. The van der Waals surface area contributed by atoms with Gasteiger partial charge in [-0.1, -0.05) is 12.1 Å². The molecule has 0 unspecified atom stereocenters. The summed E-state index contributed by atoms with van der Waals surface area (Å²) in [6.07, 6.45) is 5.67. The Bertz CT molecular complexity index is 1350. The Labute approximate surface area is 172 Å². The minimum absolute atomic E-state index is 0.558. The lowest BCUT2D eigenvalue weighted by molar-refractivity contribution is 0.122. The van der Waals surface area contributed by atoms with Crippen LogP contribution in [0.3, 0.4) is 0 Å². The molecule has 0 amide bonds. The Morgan fingerprint density at radius 1 is 0.900 bits per heavy atom. The smallest absolute Gasteiger partial charge is 0.240 e. The lowest BCUT2D eigenvalue weighted by atomic mass is 10.1. The molecule has 8 heteroatoms. The first-order valence-corrected chi connectivity index (χ1v) is 9.94. The molecule has 5 heterocycles. The summed E-state index contributed by atoms with van der Waals surface area (Å²) in [6.45, 7) is 2.83. The number of hydrogen-bond acceptors (Lipinski definition) is 6. The number of anilines is 1. The highest BCUT2D eigenvalue weighted by atomic mass is 16.5. The van der Waals surface area contributed by atoms with Gasteiger partial charge in [-0.2, -0.15) is 15.0 Å². The molecular formula is C22H19N7O. The average Bonchev–Trinajstić information content (AvgIpc) is 3.46. The van der Waals surface area contributed by atoms with Crippen molar-refractivity contribution in [3.8, 4) is 17.3 Å². The van der Waals surface area contributed by atoms with Crippen molar-refractivity contribution in [3.05, 3.63) is 61.1 Å². The molecular weight excluding hydrogens is 378 g/mol. The molecule has 148 valence electrons. The van der Waals surface area contributed by atoms with E-state index in [4.69, 9.17) is 19.7 Å². The van der Waals surface area contributed by atoms with Gasteiger partial charge in [0.15, 0.2) is 5.82 Å². The van der Waals surface area contributed by atoms with E-state index in [-0.39, 0.29) is 0 Å². The SMILES string of the molecule is c1cnc2c(c1)ccn2-c1nc(-c2cccc3[nH]ccc23)nc(N2CCOCC2)n1. The van der Waals surface area contributed by atoms with E-state index in [0.717, 1.165) is 40.6 Å². The summed E-state index contributed by atoms with van der Waals surface area (Å²) in [5, 5.41) is 2.12. The van der Waals surface area contributed by atoms with Crippen LogP contribution in [0.1, 0.15) is 0 Å². The van der Waals surface area contributed by atoms with Crippen molar-refractivity contribution in [1.82, 2.24) is 29.5 Å². The van der Waals surface area contributed by atoms with E-state index in [1.54, 1.807) is 6.20 Å². The molecule has 0 atom stereocenters. The zero-order valence-electron chi connectivity index (χ0n) is 16.2. The first kappa shape index (κ1) is 17.1. The van der Waals surface area contributed by atoms with Gasteiger partial charge in [0, 0.05) is 53.5 Å². The highest BCUT2D eigenvalue weighted by Crippen LogP contribution is 2.28. The van der Waals surface area contributed by atoms with Crippen LogP contribution < -0.4 is 4.90 Å². The van der Waals surface area contributed by atoms with Crippen LogP contribution in [0.5, 0.6) is 0 Å². The molecule has 1 aliphatic heterocycles. The summed E-state index contributed by atoms with van der Waals surface area (Å²) < 4.78 is 7.43. The molecule has 0 bridgehead atoms. The largest absolute Gasteiger partial charge is 0.378 e. The Hall–Kier alpha value is -3.78. The van der Waals surface area contributed by atoms with E-state index >= 15 is 0 Å². The lowest BCUT2D eigenvalue weighted by Crippen LogP contribution is -2.37. The van der Waals surface area contributed by atoms with Crippen molar-refractivity contribution < 1.29 is 4.74 Å². The molecule has 1 aliphatic rings. The van der Waals surface area contributed by atoms with E-state index in [0.29, 0.717) is 30.9 Å². The third kappa shape index (κ3) is 2.81. The van der Waals surface area contributed by atoms with Crippen molar-refractivity contribution in [3.63, 3.8) is 0 Å².